The van der Waals surface area contributed by atoms with E-state index in [4.69, 9.17) is 0 Å². The van der Waals surface area contributed by atoms with Crippen LogP contribution in [0.4, 0.5) is 4.39 Å². The van der Waals surface area contributed by atoms with E-state index in [9.17, 15) is 14.3 Å². The van der Waals surface area contributed by atoms with Crippen molar-refractivity contribution in [3.8, 4) is 11.4 Å². The van der Waals surface area contributed by atoms with Crippen molar-refractivity contribution in [2.75, 3.05) is 0 Å². The minimum atomic E-state index is -0.606. The van der Waals surface area contributed by atoms with E-state index in [0.717, 1.165) is 6.07 Å². The van der Waals surface area contributed by atoms with E-state index in [0.29, 0.717) is 11.3 Å². The minimum Gasteiger partial charge on any atom is -0.508 e. The molecule has 2 aromatic rings. The average Bonchev–Trinajstić information content (AvgIpc) is 2.27. The van der Waals surface area contributed by atoms with Crippen LogP contribution in [0.2, 0.25) is 0 Å². The van der Waals surface area contributed by atoms with E-state index in [1.54, 1.807) is 13.8 Å². The Kier molecular flexibility index (Phi) is 3.21. The van der Waals surface area contributed by atoms with Crippen molar-refractivity contribution in [1.29, 1.82) is 0 Å². The number of rotatable bonds is 1. The molecule has 0 amide bonds. The van der Waals surface area contributed by atoms with E-state index in [1.165, 1.54) is 16.8 Å². The number of hydrogen-bond donors (Lipinski definition) is 1. The fourth-order valence-corrected chi connectivity index (χ4v) is 2.08. The summed E-state index contributed by atoms with van der Waals surface area (Å²) in [4.78, 5) is 15.7. The van der Waals surface area contributed by atoms with Gasteiger partial charge in [0.25, 0.3) is 5.56 Å². The Morgan fingerprint density at radius 1 is 1.39 bits per heavy atom. The molecule has 0 aliphatic heterocycles. The van der Waals surface area contributed by atoms with E-state index in [-0.39, 0.29) is 16.0 Å². The highest BCUT2D eigenvalue weighted by Gasteiger charge is 2.16. The predicted molar refractivity (Wildman–Crippen MR) is 68.6 cm³/mol. The summed E-state index contributed by atoms with van der Waals surface area (Å²) >= 11 is 2.99. The molecule has 0 aliphatic carbocycles. The Labute approximate surface area is 111 Å². The van der Waals surface area contributed by atoms with Gasteiger partial charge in [-0.25, -0.2) is 9.37 Å². The van der Waals surface area contributed by atoms with Crippen LogP contribution in [0.25, 0.3) is 5.69 Å². The lowest BCUT2D eigenvalue weighted by Crippen LogP contribution is -2.21. The molecule has 94 valence electrons. The maximum Gasteiger partial charge on any atom is 0.259 e. The molecule has 0 radical (unpaired) electrons. The summed E-state index contributed by atoms with van der Waals surface area (Å²) in [6.07, 6.45) is 1.47. The normalized spacial score (nSPS) is 10.7. The minimum absolute atomic E-state index is 0.0440. The Hall–Kier alpha value is -1.69. The third-order valence-electron chi connectivity index (χ3n) is 2.56. The van der Waals surface area contributed by atoms with Crippen molar-refractivity contribution in [3.63, 3.8) is 0 Å². The van der Waals surface area contributed by atoms with Crippen molar-refractivity contribution in [2.24, 2.45) is 0 Å². The lowest BCUT2D eigenvalue weighted by molar-refractivity contribution is 0.471. The SMILES string of the molecule is Cc1cnc(Br)c(F)c1-n1c(C)cc(O)cc1=O. The molecule has 0 fully saturated rings. The number of aryl methyl sites for hydroxylation is 2. The number of halogens is 2. The van der Waals surface area contributed by atoms with Gasteiger partial charge in [-0.1, -0.05) is 0 Å². The highest BCUT2D eigenvalue weighted by molar-refractivity contribution is 9.10. The smallest absolute Gasteiger partial charge is 0.259 e. The van der Waals surface area contributed by atoms with Gasteiger partial charge in [-0.2, -0.15) is 0 Å². The topological polar surface area (TPSA) is 55.1 Å². The molecule has 18 heavy (non-hydrogen) atoms. The number of pyridine rings is 2. The maximum atomic E-state index is 14.1. The molecule has 0 saturated carbocycles. The quantitative estimate of drug-likeness (QED) is 0.823. The van der Waals surface area contributed by atoms with Crippen LogP contribution in [0.15, 0.2) is 27.7 Å². The molecule has 2 heterocycles. The molecule has 2 rings (SSSR count). The first-order chi connectivity index (χ1) is 8.41. The fourth-order valence-electron chi connectivity index (χ4n) is 1.79. The summed E-state index contributed by atoms with van der Waals surface area (Å²) in [5, 5.41) is 9.33. The van der Waals surface area contributed by atoms with Crippen LogP contribution in [0.5, 0.6) is 5.75 Å². The van der Waals surface area contributed by atoms with Gasteiger partial charge in [-0.15, -0.1) is 0 Å². The Morgan fingerprint density at radius 3 is 2.67 bits per heavy atom. The van der Waals surface area contributed by atoms with Gasteiger partial charge < -0.3 is 5.11 Å². The standard InChI is InChI=1S/C12H10BrFN2O2/c1-6-5-15-12(13)10(14)11(6)16-7(2)3-8(17)4-9(16)18/h3-5,17H,1-2H3. The molecule has 2 aromatic heterocycles. The number of aromatic nitrogens is 2. The van der Waals surface area contributed by atoms with Gasteiger partial charge in [-0.3, -0.25) is 9.36 Å². The summed E-state index contributed by atoms with van der Waals surface area (Å²) in [6, 6.07) is 2.44. The van der Waals surface area contributed by atoms with Gasteiger partial charge in [-0.05, 0) is 41.4 Å². The van der Waals surface area contributed by atoms with E-state index in [2.05, 4.69) is 20.9 Å². The van der Waals surface area contributed by atoms with Crippen molar-refractivity contribution in [3.05, 3.63) is 50.4 Å². The average molecular weight is 313 g/mol. The molecule has 0 aromatic carbocycles. The molecule has 0 bridgehead atoms. The maximum absolute atomic E-state index is 14.1. The zero-order chi connectivity index (χ0) is 13.4. The highest BCUT2D eigenvalue weighted by Crippen LogP contribution is 2.23. The van der Waals surface area contributed by atoms with Crippen LogP contribution in [0.3, 0.4) is 0 Å². The molecular formula is C12H10BrFN2O2. The molecule has 0 unspecified atom stereocenters. The van der Waals surface area contributed by atoms with Crippen LogP contribution in [0.1, 0.15) is 11.3 Å². The zero-order valence-corrected chi connectivity index (χ0v) is 11.3. The molecule has 4 nitrogen and oxygen atoms in total. The third-order valence-corrected chi connectivity index (χ3v) is 3.11. The second kappa shape index (κ2) is 4.53. The third kappa shape index (κ3) is 2.03. The van der Waals surface area contributed by atoms with Gasteiger partial charge in [0.15, 0.2) is 5.82 Å². The van der Waals surface area contributed by atoms with Crippen molar-refractivity contribution >= 4 is 15.9 Å². The second-order valence-corrected chi connectivity index (χ2v) is 4.67. The summed E-state index contributed by atoms with van der Waals surface area (Å²) in [6.45, 7) is 3.28. The predicted octanol–water partition coefficient (Wildman–Crippen LogP) is 2.46. The van der Waals surface area contributed by atoms with Gasteiger partial charge in [0.1, 0.15) is 10.4 Å². The lowest BCUT2D eigenvalue weighted by Gasteiger charge is -2.14. The largest absolute Gasteiger partial charge is 0.508 e. The molecular weight excluding hydrogens is 303 g/mol. The number of aromatic hydroxyl groups is 1. The van der Waals surface area contributed by atoms with Crippen LogP contribution < -0.4 is 5.56 Å². The highest BCUT2D eigenvalue weighted by atomic mass is 79.9. The van der Waals surface area contributed by atoms with Crippen molar-refractivity contribution in [2.45, 2.75) is 13.8 Å². The summed E-state index contributed by atoms with van der Waals surface area (Å²) in [7, 11) is 0. The summed E-state index contributed by atoms with van der Waals surface area (Å²) < 4.78 is 15.3. The zero-order valence-electron chi connectivity index (χ0n) is 9.74. The Bertz CT molecular complexity index is 683. The number of hydrogen-bond acceptors (Lipinski definition) is 3. The van der Waals surface area contributed by atoms with Crippen LogP contribution in [-0.4, -0.2) is 14.7 Å². The second-order valence-electron chi connectivity index (χ2n) is 3.92. The van der Waals surface area contributed by atoms with Gasteiger partial charge >= 0.3 is 0 Å². The molecule has 0 saturated heterocycles. The van der Waals surface area contributed by atoms with Gasteiger partial charge in [0.05, 0.1) is 5.69 Å². The first-order valence-corrected chi connectivity index (χ1v) is 5.94. The van der Waals surface area contributed by atoms with Gasteiger partial charge in [0, 0.05) is 18.0 Å². The van der Waals surface area contributed by atoms with Crippen molar-refractivity contribution in [1.82, 2.24) is 9.55 Å². The van der Waals surface area contributed by atoms with E-state index >= 15 is 0 Å². The monoisotopic (exact) mass is 312 g/mol. The Morgan fingerprint density at radius 2 is 2.06 bits per heavy atom. The summed E-state index contributed by atoms with van der Waals surface area (Å²) in [5.74, 6) is -0.745. The van der Waals surface area contributed by atoms with E-state index in [1.807, 2.05) is 0 Å². The van der Waals surface area contributed by atoms with Crippen LogP contribution >= 0.6 is 15.9 Å². The molecule has 0 spiro atoms. The van der Waals surface area contributed by atoms with Crippen molar-refractivity contribution < 1.29 is 9.50 Å². The first kappa shape index (κ1) is 12.8. The molecule has 1 N–H and O–H groups in total. The van der Waals surface area contributed by atoms with E-state index < -0.39 is 11.4 Å². The lowest BCUT2D eigenvalue weighted by atomic mass is 10.2. The Balaban J connectivity index is 2.86. The number of nitrogens with zero attached hydrogens (tertiary/aromatic N) is 2. The summed E-state index contributed by atoms with van der Waals surface area (Å²) in [5.41, 5.74) is 0.624. The van der Waals surface area contributed by atoms with Crippen LogP contribution in [0, 0.1) is 19.7 Å². The fraction of sp³-hybridized carbons (Fsp3) is 0.167. The molecule has 0 atom stereocenters. The molecule has 0 aliphatic rings. The first-order valence-electron chi connectivity index (χ1n) is 5.15. The van der Waals surface area contributed by atoms with Gasteiger partial charge in [0.2, 0.25) is 0 Å². The van der Waals surface area contributed by atoms with Crippen LogP contribution in [-0.2, 0) is 0 Å². The molecule has 6 heteroatoms.